The van der Waals surface area contributed by atoms with Crippen LogP contribution < -0.4 is 5.32 Å². The summed E-state index contributed by atoms with van der Waals surface area (Å²) in [6, 6.07) is 23.2. The van der Waals surface area contributed by atoms with E-state index in [1.165, 1.54) is 28.6 Å². The van der Waals surface area contributed by atoms with Crippen LogP contribution in [-0.2, 0) is 27.9 Å². The Morgan fingerprint density at radius 3 is 2.08 bits per heavy atom. The van der Waals surface area contributed by atoms with Gasteiger partial charge in [0.2, 0.25) is 15.9 Å². The maximum absolute atomic E-state index is 13.7. The van der Waals surface area contributed by atoms with Crippen molar-refractivity contribution in [3.63, 3.8) is 0 Å². The molecule has 1 saturated carbocycles. The largest absolute Gasteiger partial charge is 0.326 e. The monoisotopic (exact) mass is 593 g/mol. The first kappa shape index (κ1) is 26.2. The number of nitrogens with one attached hydrogen (secondary N) is 1. The molecule has 9 heteroatoms. The third-order valence-electron chi connectivity index (χ3n) is 6.57. The molecular formula is C29H25BrFN3O3S. The van der Waals surface area contributed by atoms with Crippen molar-refractivity contribution in [2.24, 2.45) is 5.92 Å². The molecule has 1 amide bonds. The van der Waals surface area contributed by atoms with Crippen LogP contribution in [0, 0.1) is 11.7 Å². The minimum Gasteiger partial charge on any atom is -0.326 e. The molecule has 3 aromatic carbocycles. The summed E-state index contributed by atoms with van der Waals surface area (Å²) in [6.45, 7) is 0.221. The molecular weight excluding hydrogens is 569 g/mol. The van der Waals surface area contributed by atoms with E-state index in [-0.39, 0.29) is 41.5 Å². The third kappa shape index (κ3) is 6.18. The molecule has 0 bridgehead atoms. The van der Waals surface area contributed by atoms with E-state index in [0.717, 1.165) is 22.0 Å². The number of halogens is 2. The first-order chi connectivity index (χ1) is 18.3. The highest BCUT2D eigenvalue weighted by atomic mass is 79.9. The zero-order valence-electron chi connectivity index (χ0n) is 20.3. The van der Waals surface area contributed by atoms with E-state index in [1.807, 2.05) is 36.4 Å². The van der Waals surface area contributed by atoms with Gasteiger partial charge in [0.25, 0.3) is 0 Å². The van der Waals surface area contributed by atoms with Crippen LogP contribution in [0.1, 0.15) is 29.0 Å². The Morgan fingerprint density at radius 2 is 1.47 bits per heavy atom. The number of carbonyl (C=O) groups is 1. The van der Waals surface area contributed by atoms with Gasteiger partial charge in [-0.1, -0.05) is 40.2 Å². The topological polar surface area (TPSA) is 79.4 Å². The molecule has 1 aromatic heterocycles. The number of nitrogens with zero attached hydrogens (tertiary/aromatic N) is 2. The predicted octanol–water partition coefficient (Wildman–Crippen LogP) is 6.12. The quantitative estimate of drug-likeness (QED) is 0.254. The number of anilines is 1. The van der Waals surface area contributed by atoms with Crippen molar-refractivity contribution in [2.75, 3.05) is 5.32 Å². The van der Waals surface area contributed by atoms with Gasteiger partial charge in [0.15, 0.2) is 0 Å². The summed E-state index contributed by atoms with van der Waals surface area (Å²) < 4.78 is 43.0. The van der Waals surface area contributed by atoms with Gasteiger partial charge in [0, 0.05) is 41.6 Å². The fraction of sp³-hybridized carbons (Fsp3) is 0.172. The molecule has 0 radical (unpaired) electrons. The van der Waals surface area contributed by atoms with Crippen molar-refractivity contribution in [1.29, 1.82) is 0 Å². The second-order valence-corrected chi connectivity index (χ2v) is 12.1. The van der Waals surface area contributed by atoms with Crippen LogP contribution >= 0.6 is 15.9 Å². The molecule has 1 aliphatic rings. The Balaban J connectivity index is 1.31. The number of carbonyl (C=O) groups excluding carboxylic acids is 1. The zero-order chi connectivity index (χ0) is 26.7. The molecule has 1 aliphatic carbocycles. The standard InChI is InChI=1S/C29H25BrFN3O3S/c30-23-5-1-20(2-6-23)18-34(19-21-3-7-24(31)8-4-21)38(36,37)26-11-9-25(10-12-26)33-29(35)28-17-27(28)22-13-15-32-16-14-22/h1-16,27-28H,17-19H2,(H,33,35). The Hall–Kier alpha value is -3.40. The summed E-state index contributed by atoms with van der Waals surface area (Å²) >= 11 is 3.40. The van der Waals surface area contributed by atoms with Crippen molar-refractivity contribution < 1.29 is 17.6 Å². The van der Waals surface area contributed by atoms with Gasteiger partial charge in [-0.3, -0.25) is 9.78 Å². The number of benzene rings is 3. The van der Waals surface area contributed by atoms with Crippen molar-refractivity contribution in [2.45, 2.75) is 30.3 Å². The van der Waals surface area contributed by atoms with Crippen molar-refractivity contribution in [3.8, 4) is 0 Å². The average molecular weight is 595 g/mol. The Labute approximate surface area is 229 Å². The Morgan fingerprint density at radius 1 is 0.895 bits per heavy atom. The summed E-state index contributed by atoms with van der Waals surface area (Å²) in [4.78, 5) is 16.8. The molecule has 1 heterocycles. The van der Waals surface area contributed by atoms with Gasteiger partial charge in [-0.15, -0.1) is 0 Å². The van der Waals surface area contributed by atoms with Gasteiger partial charge in [-0.05, 0) is 89.7 Å². The molecule has 1 fully saturated rings. The van der Waals surface area contributed by atoms with E-state index in [0.29, 0.717) is 11.3 Å². The fourth-order valence-corrected chi connectivity index (χ4v) is 6.05. The normalized spacial score (nSPS) is 16.8. The fourth-order valence-electron chi connectivity index (χ4n) is 4.37. The summed E-state index contributed by atoms with van der Waals surface area (Å²) in [5, 5.41) is 2.90. The second kappa shape index (κ2) is 11.1. The lowest BCUT2D eigenvalue weighted by Gasteiger charge is -2.23. The minimum atomic E-state index is -3.90. The molecule has 6 nitrogen and oxygen atoms in total. The van der Waals surface area contributed by atoms with Gasteiger partial charge in [-0.2, -0.15) is 4.31 Å². The molecule has 0 aliphatic heterocycles. The molecule has 38 heavy (non-hydrogen) atoms. The third-order valence-corrected chi connectivity index (χ3v) is 8.90. The molecule has 0 saturated heterocycles. The van der Waals surface area contributed by atoms with Crippen LogP contribution in [0.2, 0.25) is 0 Å². The smallest absolute Gasteiger partial charge is 0.243 e. The van der Waals surface area contributed by atoms with E-state index < -0.39 is 10.0 Å². The number of sulfonamides is 1. The molecule has 5 rings (SSSR count). The SMILES string of the molecule is O=C(Nc1ccc(S(=O)(=O)N(Cc2ccc(F)cc2)Cc2ccc(Br)cc2)cc1)C1CC1c1ccncc1. The van der Waals surface area contributed by atoms with Crippen molar-refractivity contribution >= 4 is 37.5 Å². The lowest BCUT2D eigenvalue weighted by atomic mass is 10.1. The Bertz CT molecular complexity index is 1470. The van der Waals surface area contributed by atoms with Crippen molar-refractivity contribution in [1.82, 2.24) is 9.29 Å². The molecule has 2 unspecified atom stereocenters. The number of rotatable bonds is 9. The van der Waals surface area contributed by atoms with Crippen LogP contribution in [0.3, 0.4) is 0 Å². The van der Waals surface area contributed by atoms with E-state index >= 15 is 0 Å². The minimum absolute atomic E-state index is 0.0786. The average Bonchev–Trinajstić information content (AvgIpc) is 3.73. The Kier molecular flexibility index (Phi) is 7.69. The van der Waals surface area contributed by atoms with Crippen molar-refractivity contribution in [3.05, 3.63) is 124 Å². The highest BCUT2D eigenvalue weighted by molar-refractivity contribution is 9.10. The summed E-state index contributed by atoms with van der Waals surface area (Å²) in [5.74, 6) is -0.406. The van der Waals surface area contributed by atoms with E-state index in [4.69, 9.17) is 0 Å². The molecule has 4 aromatic rings. The summed E-state index contributed by atoms with van der Waals surface area (Å²) in [7, 11) is -3.90. The lowest BCUT2D eigenvalue weighted by molar-refractivity contribution is -0.117. The second-order valence-electron chi connectivity index (χ2n) is 9.27. The van der Waals surface area contributed by atoms with Gasteiger partial charge >= 0.3 is 0 Å². The number of aromatic nitrogens is 1. The maximum atomic E-state index is 13.7. The highest BCUT2D eigenvalue weighted by Gasteiger charge is 2.43. The zero-order valence-corrected chi connectivity index (χ0v) is 22.7. The predicted molar refractivity (Wildman–Crippen MR) is 147 cm³/mol. The van der Waals surface area contributed by atoms with Crippen LogP contribution in [0.15, 0.2) is 107 Å². The number of hydrogen-bond donors (Lipinski definition) is 1. The van der Waals surface area contributed by atoms with Gasteiger partial charge in [0.05, 0.1) is 4.90 Å². The van der Waals surface area contributed by atoms with Crippen LogP contribution in [0.4, 0.5) is 10.1 Å². The van der Waals surface area contributed by atoms with E-state index in [9.17, 15) is 17.6 Å². The molecule has 194 valence electrons. The number of amides is 1. The number of pyridine rings is 1. The van der Waals surface area contributed by atoms with Gasteiger partial charge in [0.1, 0.15) is 5.82 Å². The molecule has 1 N–H and O–H groups in total. The van der Waals surface area contributed by atoms with Crippen LogP contribution in [0.5, 0.6) is 0 Å². The molecule has 0 spiro atoms. The lowest BCUT2D eigenvalue weighted by Crippen LogP contribution is -2.30. The van der Waals surface area contributed by atoms with E-state index in [2.05, 4.69) is 26.2 Å². The number of hydrogen-bond acceptors (Lipinski definition) is 4. The first-order valence-corrected chi connectivity index (χ1v) is 14.3. The van der Waals surface area contributed by atoms with Gasteiger partial charge < -0.3 is 5.32 Å². The molecule has 2 atom stereocenters. The summed E-state index contributed by atoms with van der Waals surface area (Å²) in [6.07, 6.45) is 4.21. The van der Waals surface area contributed by atoms with E-state index in [1.54, 1.807) is 36.7 Å². The van der Waals surface area contributed by atoms with Crippen LogP contribution in [0.25, 0.3) is 0 Å². The van der Waals surface area contributed by atoms with Crippen LogP contribution in [-0.4, -0.2) is 23.6 Å². The first-order valence-electron chi connectivity index (χ1n) is 12.1. The van der Waals surface area contributed by atoms with Gasteiger partial charge in [-0.25, -0.2) is 12.8 Å². The highest BCUT2D eigenvalue weighted by Crippen LogP contribution is 2.47. The summed E-state index contributed by atoms with van der Waals surface area (Å²) in [5.41, 5.74) is 3.11. The maximum Gasteiger partial charge on any atom is 0.243 e.